The van der Waals surface area contributed by atoms with Gasteiger partial charge in [-0.3, -0.25) is 9.69 Å². The van der Waals surface area contributed by atoms with E-state index in [2.05, 4.69) is 20.4 Å². The van der Waals surface area contributed by atoms with Gasteiger partial charge < -0.3 is 14.6 Å². The smallest absolute Gasteiger partial charge is 0.257 e. The number of carbonyl (C=O) groups excluding carboxylic acids is 1. The Labute approximate surface area is 141 Å². The fraction of sp³-hybridized carbons (Fsp3) is 0.471. The predicted molar refractivity (Wildman–Crippen MR) is 88.7 cm³/mol. The van der Waals surface area contributed by atoms with E-state index in [1.165, 1.54) is 0 Å². The van der Waals surface area contributed by atoms with E-state index in [4.69, 9.17) is 9.26 Å². The maximum atomic E-state index is 12.3. The second-order valence-electron chi connectivity index (χ2n) is 6.01. The van der Waals surface area contributed by atoms with Crippen molar-refractivity contribution < 1.29 is 14.1 Å². The van der Waals surface area contributed by atoms with Crippen LogP contribution in [0.3, 0.4) is 0 Å². The third-order valence-corrected chi connectivity index (χ3v) is 3.93. The summed E-state index contributed by atoms with van der Waals surface area (Å²) in [6, 6.07) is 7.24. The number of hydrogen-bond donors (Lipinski definition) is 1. The van der Waals surface area contributed by atoms with Crippen molar-refractivity contribution in [2.45, 2.75) is 19.9 Å². The standard InChI is InChI=1S/C17H22N4O3/c1-12(11-21-7-9-23-10-8-21)18-16(22)14-3-5-15(6-4-14)17-19-13(2)20-24-17/h3-6,12H,7-11H2,1-2H3,(H,18,22). The van der Waals surface area contributed by atoms with Crippen LogP contribution in [0.4, 0.5) is 0 Å². The average Bonchev–Trinajstić information content (AvgIpc) is 3.02. The monoisotopic (exact) mass is 330 g/mol. The molecule has 1 saturated heterocycles. The van der Waals surface area contributed by atoms with Crippen LogP contribution in [0.2, 0.25) is 0 Å². The molecule has 7 heteroatoms. The second-order valence-corrected chi connectivity index (χ2v) is 6.01. The maximum Gasteiger partial charge on any atom is 0.257 e. The minimum atomic E-state index is -0.0796. The highest BCUT2D eigenvalue weighted by atomic mass is 16.5. The lowest BCUT2D eigenvalue weighted by molar-refractivity contribution is 0.0342. The van der Waals surface area contributed by atoms with E-state index in [0.717, 1.165) is 38.4 Å². The first-order chi connectivity index (χ1) is 11.6. The van der Waals surface area contributed by atoms with Crippen molar-refractivity contribution >= 4 is 5.91 Å². The van der Waals surface area contributed by atoms with Gasteiger partial charge in [0.15, 0.2) is 5.82 Å². The third kappa shape index (κ3) is 4.18. The largest absolute Gasteiger partial charge is 0.379 e. The lowest BCUT2D eigenvalue weighted by Gasteiger charge is -2.29. The number of nitrogens with one attached hydrogen (secondary N) is 1. The van der Waals surface area contributed by atoms with E-state index >= 15 is 0 Å². The average molecular weight is 330 g/mol. The molecule has 1 aromatic carbocycles. The predicted octanol–water partition coefficient (Wildman–Crippen LogP) is 1.50. The third-order valence-electron chi connectivity index (χ3n) is 3.93. The Balaban J connectivity index is 1.56. The molecule has 7 nitrogen and oxygen atoms in total. The van der Waals surface area contributed by atoms with Gasteiger partial charge in [0.25, 0.3) is 11.8 Å². The summed E-state index contributed by atoms with van der Waals surface area (Å²) in [7, 11) is 0. The normalized spacial score (nSPS) is 16.8. The zero-order valence-electron chi connectivity index (χ0n) is 14.0. The Morgan fingerprint density at radius 1 is 1.29 bits per heavy atom. The molecule has 1 aromatic heterocycles. The van der Waals surface area contributed by atoms with Crippen molar-refractivity contribution in [3.63, 3.8) is 0 Å². The number of ether oxygens (including phenoxy) is 1. The lowest BCUT2D eigenvalue weighted by atomic mass is 10.1. The highest BCUT2D eigenvalue weighted by Crippen LogP contribution is 2.17. The van der Waals surface area contributed by atoms with Crippen LogP contribution in [0, 0.1) is 6.92 Å². The van der Waals surface area contributed by atoms with Crippen molar-refractivity contribution in [1.29, 1.82) is 0 Å². The molecule has 3 rings (SSSR count). The van der Waals surface area contributed by atoms with Crippen LogP contribution in [0.1, 0.15) is 23.1 Å². The molecule has 24 heavy (non-hydrogen) atoms. The summed E-state index contributed by atoms with van der Waals surface area (Å²) >= 11 is 0. The molecule has 1 unspecified atom stereocenters. The first-order valence-corrected chi connectivity index (χ1v) is 8.13. The zero-order chi connectivity index (χ0) is 16.9. The molecule has 2 aromatic rings. The quantitative estimate of drug-likeness (QED) is 0.895. The number of aryl methyl sites for hydroxylation is 1. The van der Waals surface area contributed by atoms with Gasteiger partial charge in [-0.05, 0) is 38.1 Å². The summed E-state index contributed by atoms with van der Waals surface area (Å²) in [5, 5.41) is 6.80. The highest BCUT2D eigenvalue weighted by Gasteiger charge is 2.16. The summed E-state index contributed by atoms with van der Waals surface area (Å²) in [5.41, 5.74) is 1.41. The van der Waals surface area contributed by atoms with Gasteiger partial charge in [0.2, 0.25) is 0 Å². The van der Waals surface area contributed by atoms with Gasteiger partial charge in [-0.1, -0.05) is 5.16 Å². The topological polar surface area (TPSA) is 80.5 Å². The van der Waals surface area contributed by atoms with E-state index in [-0.39, 0.29) is 11.9 Å². The van der Waals surface area contributed by atoms with Crippen LogP contribution in [0.25, 0.3) is 11.5 Å². The minimum Gasteiger partial charge on any atom is -0.379 e. The van der Waals surface area contributed by atoms with Crippen molar-refractivity contribution in [2.75, 3.05) is 32.8 Å². The molecular formula is C17H22N4O3. The van der Waals surface area contributed by atoms with Gasteiger partial charge >= 0.3 is 0 Å². The van der Waals surface area contributed by atoms with Crippen LogP contribution >= 0.6 is 0 Å². The number of rotatable bonds is 5. The first kappa shape index (κ1) is 16.6. The summed E-state index contributed by atoms with van der Waals surface area (Å²) < 4.78 is 10.5. The van der Waals surface area contributed by atoms with Crippen LogP contribution in [-0.4, -0.2) is 59.8 Å². The number of morpholine rings is 1. The van der Waals surface area contributed by atoms with Crippen LogP contribution in [-0.2, 0) is 4.74 Å². The van der Waals surface area contributed by atoms with Crippen LogP contribution in [0.5, 0.6) is 0 Å². The van der Waals surface area contributed by atoms with Gasteiger partial charge in [-0.15, -0.1) is 0 Å². The van der Waals surface area contributed by atoms with Crippen molar-refractivity contribution in [1.82, 2.24) is 20.4 Å². The second kappa shape index (κ2) is 7.55. The van der Waals surface area contributed by atoms with Gasteiger partial charge in [0, 0.05) is 36.8 Å². The molecule has 1 aliphatic heterocycles. The van der Waals surface area contributed by atoms with Crippen LogP contribution in [0.15, 0.2) is 28.8 Å². The summed E-state index contributed by atoms with van der Waals surface area (Å²) in [6.07, 6.45) is 0. The molecule has 0 radical (unpaired) electrons. The van der Waals surface area contributed by atoms with Gasteiger partial charge in [-0.2, -0.15) is 4.98 Å². The lowest BCUT2D eigenvalue weighted by Crippen LogP contribution is -2.46. The van der Waals surface area contributed by atoms with Gasteiger partial charge in [-0.25, -0.2) is 0 Å². The van der Waals surface area contributed by atoms with Crippen molar-refractivity contribution in [3.8, 4) is 11.5 Å². The van der Waals surface area contributed by atoms with E-state index in [1.807, 2.05) is 19.1 Å². The molecular weight excluding hydrogens is 308 g/mol. The molecule has 1 fully saturated rings. The number of hydrogen-bond acceptors (Lipinski definition) is 6. The Hall–Kier alpha value is -2.25. The van der Waals surface area contributed by atoms with E-state index in [1.54, 1.807) is 19.1 Å². The van der Waals surface area contributed by atoms with Crippen molar-refractivity contribution in [2.24, 2.45) is 0 Å². The number of amides is 1. The molecule has 1 amide bonds. The Bertz CT molecular complexity index is 677. The van der Waals surface area contributed by atoms with Crippen molar-refractivity contribution in [3.05, 3.63) is 35.7 Å². The van der Waals surface area contributed by atoms with E-state index in [0.29, 0.717) is 17.3 Å². The minimum absolute atomic E-state index is 0.0777. The zero-order valence-corrected chi connectivity index (χ0v) is 14.0. The van der Waals surface area contributed by atoms with Crippen LogP contribution < -0.4 is 5.32 Å². The fourth-order valence-electron chi connectivity index (χ4n) is 2.70. The molecule has 1 aliphatic rings. The highest BCUT2D eigenvalue weighted by molar-refractivity contribution is 5.94. The SMILES string of the molecule is Cc1noc(-c2ccc(C(=O)NC(C)CN3CCOCC3)cc2)n1. The number of benzene rings is 1. The van der Waals surface area contributed by atoms with E-state index in [9.17, 15) is 4.79 Å². The molecule has 0 spiro atoms. The molecule has 0 bridgehead atoms. The Morgan fingerprint density at radius 2 is 2.00 bits per heavy atom. The summed E-state index contributed by atoms with van der Waals surface area (Å²) in [4.78, 5) is 18.8. The number of nitrogens with zero attached hydrogens (tertiary/aromatic N) is 3. The Kier molecular flexibility index (Phi) is 5.22. The fourth-order valence-corrected chi connectivity index (χ4v) is 2.70. The van der Waals surface area contributed by atoms with Gasteiger partial charge in [0.1, 0.15) is 0 Å². The molecule has 2 heterocycles. The summed E-state index contributed by atoms with van der Waals surface area (Å²) in [6.45, 7) is 7.97. The van der Waals surface area contributed by atoms with E-state index < -0.39 is 0 Å². The first-order valence-electron chi connectivity index (χ1n) is 8.13. The molecule has 1 atom stereocenters. The molecule has 1 N–H and O–H groups in total. The molecule has 0 saturated carbocycles. The molecule has 128 valence electrons. The number of aromatic nitrogens is 2. The van der Waals surface area contributed by atoms with Gasteiger partial charge in [0.05, 0.1) is 13.2 Å². The molecule has 0 aliphatic carbocycles. The maximum absolute atomic E-state index is 12.3. The Morgan fingerprint density at radius 3 is 2.62 bits per heavy atom. The summed E-state index contributed by atoms with van der Waals surface area (Å²) in [5.74, 6) is 0.966. The number of carbonyl (C=O) groups is 1.